The van der Waals surface area contributed by atoms with E-state index in [9.17, 15) is 4.79 Å². The predicted octanol–water partition coefficient (Wildman–Crippen LogP) is 4.93. The first-order valence-electron chi connectivity index (χ1n) is 8.54. The molecule has 3 nitrogen and oxygen atoms in total. The lowest BCUT2D eigenvalue weighted by molar-refractivity contribution is -0.111. The van der Waals surface area contributed by atoms with Crippen molar-refractivity contribution in [2.75, 3.05) is 24.3 Å². The number of benzene rings is 3. The van der Waals surface area contributed by atoms with Gasteiger partial charge in [-0.1, -0.05) is 60.7 Å². The summed E-state index contributed by atoms with van der Waals surface area (Å²) in [5.74, 6) is -0.127. The molecule has 26 heavy (non-hydrogen) atoms. The molecule has 0 aliphatic heterocycles. The Kier molecular flexibility index (Phi) is 5.49. The van der Waals surface area contributed by atoms with Crippen molar-refractivity contribution in [3.63, 3.8) is 0 Å². The normalized spacial score (nSPS) is 11.1. The van der Waals surface area contributed by atoms with Gasteiger partial charge in [0.25, 0.3) is 5.91 Å². The van der Waals surface area contributed by atoms with E-state index in [1.54, 1.807) is 0 Å². The summed E-state index contributed by atoms with van der Waals surface area (Å²) < 4.78 is 0. The van der Waals surface area contributed by atoms with Crippen molar-refractivity contribution in [1.29, 1.82) is 0 Å². The zero-order valence-electron chi connectivity index (χ0n) is 15.0. The Bertz CT molecular complexity index is 883. The largest absolute Gasteiger partial charge is 0.378 e. The number of carbonyl (C=O) groups excluding carboxylic acids is 1. The van der Waals surface area contributed by atoms with E-state index in [0.717, 1.165) is 22.5 Å². The molecule has 1 N–H and O–H groups in total. The minimum atomic E-state index is -0.127. The maximum absolute atomic E-state index is 12.9. The number of carbonyl (C=O) groups is 1. The molecule has 0 heterocycles. The van der Waals surface area contributed by atoms with Crippen LogP contribution in [0.4, 0.5) is 11.4 Å². The van der Waals surface area contributed by atoms with Gasteiger partial charge in [-0.3, -0.25) is 4.79 Å². The first-order valence-corrected chi connectivity index (χ1v) is 8.54. The maximum Gasteiger partial charge on any atom is 0.256 e. The zero-order valence-corrected chi connectivity index (χ0v) is 15.0. The Morgan fingerprint density at radius 1 is 0.808 bits per heavy atom. The van der Waals surface area contributed by atoms with Gasteiger partial charge in [0, 0.05) is 31.0 Å². The molecule has 0 spiro atoms. The summed E-state index contributed by atoms with van der Waals surface area (Å²) >= 11 is 0. The molecule has 0 radical (unpaired) electrons. The third-order valence-electron chi connectivity index (χ3n) is 4.08. The number of rotatable bonds is 5. The summed E-state index contributed by atoms with van der Waals surface area (Å²) in [5.41, 5.74) is 4.37. The molecule has 3 heteroatoms. The number of nitrogens with one attached hydrogen (secondary N) is 1. The van der Waals surface area contributed by atoms with Crippen LogP contribution in [-0.4, -0.2) is 20.0 Å². The minimum absolute atomic E-state index is 0.127. The number of hydrogen-bond acceptors (Lipinski definition) is 2. The minimum Gasteiger partial charge on any atom is -0.378 e. The molecule has 0 atom stereocenters. The topological polar surface area (TPSA) is 32.3 Å². The summed E-state index contributed by atoms with van der Waals surface area (Å²) in [4.78, 5) is 15.0. The molecule has 0 bridgehead atoms. The van der Waals surface area contributed by atoms with E-state index in [1.807, 2.05) is 110 Å². The summed E-state index contributed by atoms with van der Waals surface area (Å²) in [5, 5.41) is 3.00. The van der Waals surface area contributed by atoms with Crippen LogP contribution in [0.2, 0.25) is 0 Å². The molecule has 3 aromatic carbocycles. The molecule has 3 aromatic rings. The number of hydrogen-bond donors (Lipinski definition) is 1. The van der Waals surface area contributed by atoms with Gasteiger partial charge in [-0.15, -0.1) is 0 Å². The predicted molar refractivity (Wildman–Crippen MR) is 110 cm³/mol. The van der Waals surface area contributed by atoms with Crippen molar-refractivity contribution in [3.8, 4) is 0 Å². The quantitative estimate of drug-likeness (QED) is 0.526. The fourth-order valence-corrected chi connectivity index (χ4v) is 2.65. The first kappa shape index (κ1) is 17.5. The summed E-state index contributed by atoms with van der Waals surface area (Å²) in [6.45, 7) is 0. The Balaban J connectivity index is 1.89. The average Bonchev–Trinajstić information content (AvgIpc) is 2.68. The van der Waals surface area contributed by atoms with Gasteiger partial charge in [0.1, 0.15) is 0 Å². The van der Waals surface area contributed by atoms with Crippen molar-refractivity contribution < 1.29 is 4.79 Å². The van der Waals surface area contributed by atoms with Crippen molar-refractivity contribution in [2.24, 2.45) is 0 Å². The van der Waals surface area contributed by atoms with Gasteiger partial charge in [-0.2, -0.15) is 0 Å². The Morgan fingerprint density at radius 3 is 1.96 bits per heavy atom. The molecule has 0 aliphatic carbocycles. The van der Waals surface area contributed by atoms with Crippen molar-refractivity contribution >= 4 is 28.9 Å². The van der Waals surface area contributed by atoms with Gasteiger partial charge in [-0.25, -0.2) is 0 Å². The average molecular weight is 342 g/mol. The molecule has 0 unspecified atom stereocenters. The van der Waals surface area contributed by atoms with Crippen LogP contribution in [-0.2, 0) is 4.79 Å². The van der Waals surface area contributed by atoms with Crippen LogP contribution in [0.25, 0.3) is 11.6 Å². The molecule has 0 saturated carbocycles. The Hall–Kier alpha value is -3.33. The highest BCUT2D eigenvalue weighted by Gasteiger charge is 2.12. The first-order chi connectivity index (χ1) is 12.6. The number of amides is 1. The third-order valence-corrected chi connectivity index (χ3v) is 4.08. The summed E-state index contributed by atoms with van der Waals surface area (Å²) in [6, 6.07) is 27.4. The Morgan fingerprint density at radius 2 is 1.38 bits per heavy atom. The van der Waals surface area contributed by atoms with Gasteiger partial charge in [-0.05, 0) is 41.5 Å². The van der Waals surface area contributed by atoms with E-state index in [2.05, 4.69) is 5.32 Å². The fourth-order valence-electron chi connectivity index (χ4n) is 2.65. The van der Waals surface area contributed by atoms with Crippen LogP contribution >= 0.6 is 0 Å². The van der Waals surface area contributed by atoms with E-state index in [4.69, 9.17) is 0 Å². The van der Waals surface area contributed by atoms with Gasteiger partial charge in [0.05, 0.1) is 0 Å². The molecule has 3 rings (SSSR count). The van der Waals surface area contributed by atoms with Gasteiger partial charge in [0.15, 0.2) is 0 Å². The number of nitrogens with zero attached hydrogens (tertiary/aromatic N) is 1. The van der Waals surface area contributed by atoms with Crippen LogP contribution in [0.15, 0.2) is 84.9 Å². The SMILES string of the molecule is CN(C)c1ccc(NC(=O)/C(=C/c2ccccc2)c2ccccc2)cc1. The van der Waals surface area contributed by atoms with E-state index in [-0.39, 0.29) is 5.91 Å². The van der Waals surface area contributed by atoms with Crippen LogP contribution < -0.4 is 10.2 Å². The van der Waals surface area contributed by atoms with Crippen molar-refractivity contribution in [1.82, 2.24) is 0 Å². The molecule has 0 aromatic heterocycles. The number of anilines is 2. The van der Waals surface area contributed by atoms with Gasteiger partial charge < -0.3 is 10.2 Å². The standard InChI is InChI=1S/C23H22N2O/c1-25(2)21-15-13-20(14-16-21)24-23(26)22(19-11-7-4-8-12-19)17-18-9-5-3-6-10-18/h3-17H,1-2H3,(H,24,26)/b22-17+. The monoisotopic (exact) mass is 342 g/mol. The molecule has 130 valence electrons. The third kappa shape index (κ3) is 4.39. The highest BCUT2D eigenvalue weighted by Crippen LogP contribution is 2.22. The highest BCUT2D eigenvalue weighted by molar-refractivity contribution is 6.29. The molecule has 0 saturated heterocycles. The zero-order chi connectivity index (χ0) is 18.4. The lowest BCUT2D eigenvalue weighted by Crippen LogP contribution is -2.14. The molecule has 1 amide bonds. The van der Waals surface area contributed by atoms with Crippen LogP contribution in [0.3, 0.4) is 0 Å². The van der Waals surface area contributed by atoms with Crippen molar-refractivity contribution in [3.05, 3.63) is 96.1 Å². The van der Waals surface area contributed by atoms with Crippen molar-refractivity contribution in [2.45, 2.75) is 0 Å². The second-order valence-electron chi connectivity index (χ2n) is 6.23. The maximum atomic E-state index is 12.9. The highest BCUT2D eigenvalue weighted by atomic mass is 16.1. The van der Waals surface area contributed by atoms with E-state index < -0.39 is 0 Å². The van der Waals surface area contributed by atoms with E-state index in [0.29, 0.717) is 5.57 Å². The Labute approximate surface area is 154 Å². The van der Waals surface area contributed by atoms with Crippen LogP contribution in [0.1, 0.15) is 11.1 Å². The molecule has 0 fully saturated rings. The van der Waals surface area contributed by atoms with E-state index in [1.165, 1.54) is 0 Å². The smallest absolute Gasteiger partial charge is 0.256 e. The fraction of sp³-hybridized carbons (Fsp3) is 0.0870. The molecular weight excluding hydrogens is 320 g/mol. The second-order valence-corrected chi connectivity index (χ2v) is 6.23. The van der Waals surface area contributed by atoms with Crippen LogP contribution in [0.5, 0.6) is 0 Å². The lowest BCUT2D eigenvalue weighted by atomic mass is 10.0. The summed E-state index contributed by atoms with van der Waals surface area (Å²) in [6.07, 6.45) is 1.92. The molecule has 0 aliphatic rings. The molecular formula is C23H22N2O. The summed E-state index contributed by atoms with van der Waals surface area (Å²) in [7, 11) is 3.98. The van der Waals surface area contributed by atoms with E-state index >= 15 is 0 Å². The van der Waals surface area contributed by atoms with Gasteiger partial charge in [0.2, 0.25) is 0 Å². The second kappa shape index (κ2) is 8.17. The lowest BCUT2D eigenvalue weighted by Gasteiger charge is -2.14. The van der Waals surface area contributed by atoms with Crippen LogP contribution in [0, 0.1) is 0 Å². The van der Waals surface area contributed by atoms with Gasteiger partial charge >= 0.3 is 0 Å².